The number of aryl methyl sites for hydroxylation is 1. The molecule has 25 heavy (non-hydrogen) atoms. The number of ether oxygens (including phenoxy) is 1. The molecule has 0 fully saturated rings. The van der Waals surface area contributed by atoms with Gasteiger partial charge in [-0.3, -0.25) is 4.98 Å². The van der Waals surface area contributed by atoms with Gasteiger partial charge in [-0.2, -0.15) is 18.4 Å². The summed E-state index contributed by atoms with van der Waals surface area (Å²) in [7, 11) is 0. The van der Waals surface area contributed by atoms with Crippen LogP contribution in [-0.4, -0.2) is 4.98 Å². The Morgan fingerprint density at radius 2 is 1.92 bits per heavy atom. The number of hydrogen-bond acceptors (Lipinski definition) is 3. The summed E-state index contributed by atoms with van der Waals surface area (Å²) in [5.41, 5.74) is 0.0687. The van der Waals surface area contributed by atoms with E-state index in [1.807, 2.05) is 32.9 Å². The third kappa shape index (κ3) is 4.96. The van der Waals surface area contributed by atoms with E-state index in [1.165, 1.54) is 6.07 Å². The molecule has 0 N–H and O–H groups in total. The summed E-state index contributed by atoms with van der Waals surface area (Å²) in [5.74, 6) is 0.341. The molecule has 1 aromatic carbocycles. The molecule has 0 spiro atoms. The van der Waals surface area contributed by atoms with Crippen LogP contribution in [0, 0.1) is 24.2 Å². The lowest BCUT2D eigenvalue weighted by Crippen LogP contribution is -2.14. The van der Waals surface area contributed by atoms with Crippen LogP contribution < -0.4 is 4.74 Å². The number of alkyl halides is 3. The number of nitrogens with zero attached hydrogens (tertiary/aromatic N) is 2. The fourth-order valence-electron chi connectivity index (χ4n) is 2.49. The van der Waals surface area contributed by atoms with Crippen LogP contribution in [-0.2, 0) is 6.18 Å². The molecule has 0 bridgehead atoms. The molecular weight excluding hydrogens is 329 g/mol. The van der Waals surface area contributed by atoms with Crippen LogP contribution in [0.15, 0.2) is 36.4 Å². The van der Waals surface area contributed by atoms with Crippen molar-refractivity contribution in [3.05, 3.63) is 58.9 Å². The zero-order chi connectivity index (χ0) is 18.6. The SMILES string of the molecule is Cc1cccc(C(CC(C)C)Oc2ccc(C#N)c(C(F)(F)F)c2)n1. The van der Waals surface area contributed by atoms with Gasteiger partial charge in [-0.05, 0) is 49.6 Å². The third-order valence-electron chi connectivity index (χ3n) is 3.62. The first kappa shape index (κ1) is 18.8. The zero-order valence-corrected chi connectivity index (χ0v) is 14.3. The number of benzene rings is 1. The maximum Gasteiger partial charge on any atom is 0.417 e. The van der Waals surface area contributed by atoms with Crippen LogP contribution in [0.2, 0.25) is 0 Å². The van der Waals surface area contributed by atoms with Gasteiger partial charge in [-0.1, -0.05) is 19.9 Å². The largest absolute Gasteiger partial charge is 0.484 e. The van der Waals surface area contributed by atoms with Crippen molar-refractivity contribution in [2.45, 2.75) is 39.5 Å². The average Bonchev–Trinajstić information content (AvgIpc) is 2.53. The first-order valence-corrected chi connectivity index (χ1v) is 7.92. The summed E-state index contributed by atoms with van der Waals surface area (Å²) >= 11 is 0. The Kier molecular flexibility index (Phi) is 5.68. The zero-order valence-electron chi connectivity index (χ0n) is 14.3. The third-order valence-corrected chi connectivity index (χ3v) is 3.62. The molecule has 1 atom stereocenters. The summed E-state index contributed by atoms with van der Waals surface area (Å²) in [6.45, 7) is 5.86. The van der Waals surface area contributed by atoms with Crippen molar-refractivity contribution >= 4 is 0 Å². The monoisotopic (exact) mass is 348 g/mol. The predicted molar refractivity (Wildman–Crippen MR) is 88.0 cm³/mol. The van der Waals surface area contributed by atoms with Gasteiger partial charge in [-0.15, -0.1) is 0 Å². The van der Waals surface area contributed by atoms with Crippen LogP contribution in [0.25, 0.3) is 0 Å². The van der Waals surface area contributed by atoms with Crippen LogP contribution in [0.3, 0.4) is 0 Å². The van der Waals surface area contributed by atoms with Crippen molar-refractivity contribution in [2.75, 3.05) is 0 Å². The molecule has 0 aliphatic rings. The Labute approximate surface area is 145 Å². The molecular formula is C19H19F3N2O. The van der Waals surface area contributed by atoms with E-state index in [4.69, 9.17) is 10.00 Å². The Morgan fingerprint density at radius 1 is 1.20 bits per heavy atom. The lowest BCUT2D eigenvalue weighted by atomic mass is 10.0. The Bertz CT molecular complexity index is 779. The first-order chi connectivity index (χ1) is 11.7. The van der Waals surface area contributed by atoms with Crippen LogP contribution >= 0.6 is 0 Å². The molecule has 2 aromatic rings. The highest BCUT2D eigenvalue weighted by Crippen LogP contribution is 2.36. The number of halogens is 3. The van der Waals surface area contributed by atoms with E-state index < -0.39 is 23.4 Å². The molecule has 0 aliphatic heterocycles. The summed E-state index contributed by atoms with van der Waals surface area (Å²) < 4.78 is 45.2. The van der Waals surface area contributed by atoms with Crippen LogP contribution in [0.4, 0.5) is 13.2 Å². The van der Waals surface area contributed by atoms with E-state index in [-0.39, 0.29) is 11.7 Å². The van der Waals surface area contributed by atoms with Gasteiger partial charge in [0.15, 0.2) is 0 Å². The number of nitriles is 1. The number of rotatable bonds is 5. The van der Waals surface area contributed by atoms with E-state index in [1.54, 1.807) is 12.1 Å². The maximum absolute atomic E-state index is 13.1. The minimum absolute atomic E-state index is 0.0697. The number of pyridine rings is 1. The van der Waals surface area contributed by atoms with Gasteiger partial charge in [0.05, 0.1) is 22.9 Å². The van der Waals surface area contributed by atoms with E-state index in [0.717, 1.165) is 17.8 Å². The topological polar surface area (TPSA) is 45.9 Å². The highest BCUT2D eigenvalue weighted by molar-refractivity contribution is 5.44. The standard InChI is InChI=1S/C19H19F3N2O/c1-12(2)9-18(17-6-4-5-13(3)24-17)25-15-8-7-14(11-23)16(10-15)19(20,21)22/h4-8,10,12,18H,9H2,1-3H3. The normalized spacial score (nSPS) is 12.7. The van der Waals surface area contributed by atoms with Gasteiger partial charge >= 0.3 is 6.18 Å². The molecule has 0 amide bonds. The number of hydrogen-bond donors (Lipinski definition) is 0. The minimum Gasteiger partial charge on any atom is -0.484 e. The van der Waals surface area contributed by atoms with Crippen molar-refractivity contribution < 1.29 is 17.9 Å². The number of aromatic nitrogens is 1. The van der Waals surface area contributed by atoms with E-state index in [9.17, 15) is 13.2 Å². The highest BCUT2D eigenvalue weighted by atomic mass is 19.4. The average molecular weight is 348 g/mol. The van der Waals surface area contributed by atoms with E-state index in [0.29, 0.717) is 12.1 Å². The van der Waals surface area contributed by atoms with Gasteiger partial charge in [-0.25, -0.2) is 0 Å². The molecule has 0 saturated heterocycles. The predicted octanol–water partition coefficient (Wildman–Crippen LogP) is 5.45. The smallest absolute Gasteiger partial charge is 0.417 e. The molecule has 1 unspecified atom stereocenters. The van der Waals surface area contributed by atoms with Crippen LogP contribution in [0.5, 0.6) is 5.75 Å². The van der Waals surface area contributed by atoms with Gasteiger partial charge in [0, 0.05) is 5.69 Å². The van der Waals surface area contributed by atoms with Crippen molar-refractivity contribution in [3.63, 3.8) is 0 Å². The molecule has 0 saturated carbocycles. The molecule has 3 nitrogen and oxygen atoms in total. The first-order valence-electron chi connectivity index (χ1n) is 7.92. The fourth-order valence-corrected chi connectivity index (χ4v) is 2.49. The fraction of sp³-hybridized carbons (Fsp3) is 0.368. The molecule has 1 aromatic heterocycles. The second kappa shape index (κ2) is 7.56. The molecule has 1 heterocycles. The molecule has 2 rings (SSSR count). The van der Waals surface area contributed by atoms with Crippen molar-refractivity contribution in [1.82, 2.24) is 4.98 Å². The quantitative estimate of drug-likeness (QED) is 0.722. The van der Waals surface area contributed by atoms with Crippen molar-refractivity contribution in [2.24, 2.45) is 5.92 Å². The summed E-state index contributed by atoms with van der Waals surface area (Å²) in [4.78, 5) is 4.43. The van der Waals surface area contributed by atoms with Gasteiger partial charge in [0.2, 0.25) is 0 Å². The second-order valence-corrected chi connectivity index (χ2v) is 6.26. The van der Waals surface area contributed by atoms with Gasteiger partial charge in [0.1, 0.15) is 11.9 Å². The lowest BCUT2D eigenvalue weighted by Gasteiger charge is -2.22. The Balaban J connectivity index is 2.38. The van der Waals surface area contributed by atoms with Crippen molar-refractivity contribution in [1.29, 1.82) is 5.26 Å². The summed E-state index contributed by atoms with van der Waals surface area (Å²) in [6, 6.07) is 10.4. The van der Waals surface area contributed by atoms with Gasteiger partial charge < -0.3 is 4.74 Å². The maximum atomic E-state index is 13.1. The molecule has 0 aliphatic carbocycles. The summed E-state index contributed by atoms with van der Waals surface area (Å²) in [6.07, 6.45) is -4.47. The highest BCUT2D eigenvalue weighted by Gasteiger charge is 2.34. The summed E-state index contributed by atoms with van der Waals surface area (Å²) in [5, 5.41) is 8.88. The van der Waals surface area contributed by atoms with Crippen LogP contribution in [0.1, 0.15) is 48.9 Å². The van der Waals surface area contributed by atoms with E-state index in [2.05, 4.69) is 4.98 Å². The lowest BCUT2D eigenvalue weighted by molar-refractivity contribution is -0.137. The Morgan fingerprint density at radius 3 is 2.48 bits per heavy atom. The second-order valence-electron chi connectivity index (χ2n) is 6.26. The van der Waals surface area contributed by atoms with Gasteiger partial charge in [0.25, 0.3) is 0 Å². The van der Waals surface area contributed by atoms with Crippen molar-refractivity contribution in [3.8, 4) is 11.8 Å². The Hall–Kier alpha value is -2.55. The molecule has 6 heteroatoms. The minimum atomic E-state index is -4.61. The van der Waals surface area contributed by atoms with E-state index >= 15 is 0 Å². The molecule has 0 radical (unpaired) electrons. The molecule has 132 valence electrons.